The van der Waals surface area contributed by atoms with Crippen LogP contribution in [-0.2, 0) is 9.84 Å². The number of rotatable bonds is 2. The predicted molar refractivity (Wildman–Crippen MR) is 77.7 cm³/mol. The fraction of sp³-hybridized carbons (Fsp3) is 0.533. The first-order chi connectivity index (χ1) is 9.86. The van der Waals surface area contributed by atoms with Crippen LogP contribution in [0.15, 0.2) is 29.2 Å². The molecule has 1 aliphatic carbocycles. The van der Waals surface area contributed by atoms with Crippen LogP contribution < -0.4 is 0 Å². The molecular formula is C15H19NO4S. The molecule has 0 aromatic heterocycles. The topological polar surface area (TPSA) is 74.7 Å². The number of aliphatic hydroxyl groups is 1. The number of aliphatic hydroxyl groups excluding tert-OH is 1. The minimum atomic E-state index is -3.32. The van der Waals surface area contributed by atoms with Gasteiger partial charge in [-0.05, 0) is 37.0 Å². The standard InChI is InChI=1S/C15H19NO4S/c1-21(19,20)12-4-2-3-10(7-12)15(18)16-8-11-5-6-14(17)13(11)9-16/h2-4,7,11,13-14,17H,5-6,8-9H2,1H3. The summed E-state index contributed by atoms with van der Waals surface area (Å²) in [6.45, 7) is 1.22. The third-order valence-corrected chi connectivity index (χ3v) is 5.73. The van der Waals surface area contributed by atoms with Crippen LogP contribution in [0.5, 0.6) is 0 Å². The fourth-order valence-electron chi connectivity index (χ4n) is 3.44. The maximum Gasteiger partial charge on any atom is 0.253 e. The lowest BCUT2D eigenvalue weighted by atomic mass is 10.00. The number of sulfone groups is 1. The quantitative estimate of drug-likeness (QED) is 0.882. The summed E-state index contributed by atoms with van der Waals surface area (Å²) >= 11 is 0. The summed E-state index contributed by atoms with van der Waals surface area (Å²) in [5.41, 5.74) is 0.396. The van der Waals surface area contributed by atoms with Crippen molar-refractivity contribution in [3.05, 3.63) is 29.8 Å². The molecular weight excluding hydrogens is 290 g/mol. The lowest BCUT2D eigenvalue weighted by Crippen LogP contribution is -2.31. The van der Waals surface area contributed by atoms with Crippen LogP contribution in [0.4, 0.5) is 0 Å². The van der Waals surface area contributed by atoms with Crippen LogP contribution in [0.3, 0.4) is 0 Å². The highest BCUT2D eigenvalue weighted by Crippen LogP contribution is 2.38. The average Bonchev–Trinajstić information content (AvgIpc) is 3.00. The Morgan fingerprint density at radius 2 is 2.05 bits per heavy atom. The van der Waals surface area contributed by atoms with E-state index < -0.39 is 9.84 Å². The Morgan fingerprint density at radius 1 is 1.29 bits per heavy atom. The van der Waals surface area contributed by atoms with E-state index in [0.717, 1.165) is 19.1 Å². The molecule has 0 spiro atoms. The van der Waals surface area contributed by atoms with Gasteiger partial charge in [-0.2, -0.15) is 0 Å². The summed E-state index contributed by atoms with van der Waals surface area (Å²) in [7, 11) is -3.32. The molecule has 1 amide bonds. The summed E-state index contributed by atoms with van der Waals surface area (Å²) in [6, 6.07) is 6.16. The first-order valence-corrected chi connectivity index (χ1v) is 9.03. The Morgan fingerprint density at radius 3 is 2.71 bits per heavy atom. The molecule has 114 valence electrons. The molecule has 3 rings (SSSR count). The highest BCUT2D eigenvalue weighted by molar-refractivity contribution is 7.90. The number of nitrogens with zero attached hydrogens (tertiary/aromatic N) is 1. The van der Waals surface area contributed by atoms with E-state index in [-0.39, 0.29) is 22.8 Å². The molecule has 1 saturated heterocycles. The molecule has 1 aromatic rings. The van der Waals surface area contributed by atoms with Crippen molar-refractivity contribution >= 4 is 15.7 Å². The van der Waals surface area contributed by atoms with Crippen LogP contribution in [0.25, 0.3) is 0 Å². The molecule has 3 atom stereocenters. The maximum absolute atomic E-state index is 12.5. The van der Waals surface area contributed by atoms with Crippen molar-refractivity contribution in [2.45, 2.75) is 23.8 Å². The van der Waals surface area contributed by atoms with Gasteiger partial charge in [0.2, 0.25) is 0 Å². The van der Waals surface area contributed by atoms with Gasteiger partial charge >= 0.3 is 0 Å². The summed E-state index contributed by atoms with van der Waals surface area (Å²) in [5, 5.41) is 9.90. The minimum absolute atomic E-state index is 0.151. The lowest BCUT2D eigenvalue weighted by Gasteiger charge is -2.18. The second kappa shape index (κ2) is 5.10. The Hall–Kier alpha value is -1.40. The van der Waals surface area contributed by atoms with Gasteiger partial charge in [0, 0.05) is 30.8 Å². The number of likely N-dealkylation sites (tertiary alicyclic amines) is 1. The molecule has 2 fully saturated rings. The van der Waals surface area contributed by atoms with Crippen LogP contribution >= 0.6 is 0 Å². The number of carbonyl (C=O) groups excluding carboxylic acids is 1. The van der Waals surface area contributed by atoms with E-state index in [9.17, 15) is 18.3 Å². The van der Waals surface area contributed by atoms with E-state index in [1.54, 1.807) is 17.0 Å². The van der Waals surface area contributed by atoms with E-state index in [1.807, 2.05) is 0 Å². The van der Waals surface area contributed by atoms with Gasteiger partial charge < -0.3 is 10.0 Å². The molecule has 0 radical (unpaired) electrons. The Bertz CT molecular complexity index is 670. The zero-order valence-corrected chi connectivity index (χ0v) is 12.7. The zero-order chi connectivity index (χ0) is 15.2. The number of hydrogen-bond donors (Lipinski definition) is 1. The lowest BCUT2D eigenvalue weighted by molar-refractivity contribution is 0.0752. The molecule has 1 aromatic carbocycles. The normalized spacial score (nSPS) is 28.7. The highest BCUT2D eigenvalue weighted by Gasteiger charge is 2.43. The van der Waals surface area contributed by atoms with Crippen molar-refractivity contribution in [2.24, 2.45) is 11.8 Å². The predicted octanol–water partition coefficient (Wildman–Crippen LogP) is 0.933. The summed E-state index contributed by atoms with van der Waals surface area (Å²) in [6.07, 6.45) is 2.60. The Balaban J connectivity index is 1.81. The van der Waals surface area contributed by atoms with Crippen LogP contribution in [0.1, 0.15) is 23.2 Å². The SMILES string of the molecule is CS(=O)(=O)c1cccc(C(=O)N2CC3CCC(O)C3C2)c1. The van der Waals surface area contributed by atoms with E-state index in [0.29, 0.717) is 24.6 Å². The van der Waals surface area contributed by atoms with Gasteiger partial charge in [0.05, 0.1) is 11.0 Å². The molecule has 1 N–H and O–H groups in total. The van der Waals surface area contributed by atoms with E-state index in [4.69, 9.17) is 0 Å². The van der Waals surface area contributed by atoms with Crippen LogP contribution in [-0.4, -0.2) is 49.8 Å². The van der Waals surface area contributed by atoms with Gasteiger partial charge in [-0.25, -0.2) is 8.42 Å². The number of fused-ring (bicyclic) bond motifs is 1. The van der Waals surface area contributed by atoms with Gasteiger partial charge in [0.25, 0.3) is 5.91 Å². The minimum Gasteiger partial charge on any atom is -0.393 e. The molecule has 1 saturated carbocycles. The number of carbonyl (C=O) groups is 1. The second-order valence-electron chi connectivity index (χ2n) is 6.08. The average molecular weight is 309 g/mol. The fourth-order valence-corrected chi connectivity index (χ4v) is 4.11. The van der Waals surface area contributed by atoms with Crippen molar-refractivity contribution in [3.8, 4) is 0 Å². The molecule has 1 heterocycles. The molecule has 3 unspecified atom stereocenters. The third-order valence-electron chi connectivity index (χ3n) is 4.62. The summed E-state index contributed by atoms with van der Waals surface area (Å²) in [5.74, 6) is 0.399. The molecule has 6 heteroatoms. The van der Waals surface area contributed by atoms with Crippen LogP contribution in [0.2, 0.25) is 0 Å². The summed E-state index contributed by atoms with van der Waals surface area (Å²) < 4.78 is 23.1. The van der Waals surface area contributed by atoms with Gasteiger partial charge in [0.1, 0.15) is 0 Å². The Labute approximate surface area is 124 Å². The van der Waals surface area contributed by atoms with Crippen molar-refractivity contribution in [1.29, 1.82) is 0 Å². The van der Waals surface area contributed by atoms with E-state index in [1.165, 1.54) is 12.1 Å². The first-order valence-electron chi connectivity index (χ1n) is 7.14. The number of benzene rings is 1. The van der Waals surface area contributed by atoms with Crippen molar-refractivity contribution in [2.75, 3.05) is 19.3 Å². The first kappa shape index (κ1) is 14.5. The van der Waals surface area contributed by atoms with Gasteiger partial charge in [0.15, 0.2) is 9.84 Å². The van der Waals surface area contributed by atoms with Crippen molar-refractivity contribution in [1.82, 2.24) is 4.90 Å². The third kappa shape index (κ3) is 2.70. The van der Waals surface area contributed by atoms with E-state index in [2.05, 4.69) is 0 Å². The summed E-state index contributed by atoms with van der Waals surface area (Å²) in [4.78, 5) is 14.4. The smallest absolute Gasteiger partial charge is 0.253 e. The molecule has 0 bridgehead atoms. The maximum atomic E-state index is 12.5. The van der Waals surface area contributed by atoms with E-state index >= 15 is 0 Å². The second-order valence-corrected chi connectivity index (χ2v) is 8.09. The number of amides is 1. The molecule has 21 heavy (non-hydrogen) atoms. The Kier molecular flexibility index (Phi) is 3.53. The van der Waals surface area contributed by atoms with Crippen LogP contribution in [0, 0.1) is 11.8 Å². The van der Waals surface area contributed by atoms with Gasteiger partial charge in [-0.1, -0.05) is 6.07 Å². The zero-order valence-electron chi connectivity index (χ0n) is 11.9. The monoisotopic (exact) mass is 309 g/mol. The van der Waals surface area contributed by atoms with Crippen molar-refractivity contribution in [3.63, 3.8) is 0 Å². The van der Waals surface area contributed by atoms with Gasteiger partial charge in [-0.3, -0.25) is 4.79 Å². The molecule has 1 aliphatic heterocycles. The largest absolute Gasteiger partial charge is 0.393 e. The number of hydrogen-bond acceptors (Lipinski definition) is 4. The highest BCUT2D eigenvalue weighted by atomic mass is 32.2. The molecule has 2 aliphatic rings. The molecule has 5 nitrogen and oxygen atoms in total. The van der Waals surface area contributed by atoms with Crippen molar-refractivity contribution < 1.29 is 18.3 Å². The van der Waals surface area contributed by atoms with Gasteiger partial charge in [-0.15, -0.1) is 0 Å².